The molecule has 0 amide bonds. The molecule has 4 nitrogen and oxygen atoms in total. The van der Waals surface area contributed by atoms with E-state index in [0.29, 0.717) is 4.83 Å². The zero-order valence-electron chi connectivity index (χ0n) is 8.04. The van der Waals surface area contributed by atoms with Gasteiger partial charge in [0.2, 0.25) is 5.82 Å². The molecule has 0 saturated heterocycles. The number of fused-ring (bicyclic) bond motifs is 3. The molecule has 0 atom stereocenters. The van der Waals surface area contributed by atoms with Gasteiger partial charge < -0.3 is 5.11 Å². The molecule has 78 valence electrons. The van der Waals surface area contributed by atoms with Crippen LogP contribution in [0.25, 0.3) is 20.3 Å². The third kappa shape index (κ3) is 1.25. The highest BCUT2D eigenvalue weighted by molar-refractivity contribution is 7.25. The maximum absolute atomic E-state index is 10.7. The van der Waals surface area contributed by atoms with Crippen LogP contribution >= 0.6 is 11.3 Å². The lowest BCUT2D eigenvalue weighted by Crippen LogP contribution is -2.02. The quantitative estimate of drug-likeness (QED) is 0.697. The number of carboxylic acids is 1. The average molecular weight is 230 g/mol. The molecule has 2 aromatic heterocycles. The lowest BCUT2D eigenvalue weighted by atomic mass is 10.2. The molecule has 0 aliphatic heterocycles. The summed E-state index contributed by atoms with van der Waals surface area (Å²) in [6, 6.07) is 7.86. The van der Waals surface area contributed by atoms with Crippen LogP contribution < -0.4 is 0 Å². The smallest absolute Gasteiger partial charge is 0.373 e. The number of nitrogens with zero attached hydrogens (tertiary/aromatic N) is 2. The summed E-state index contributed by atoms with van der Waals surface area (Å²) in [7, 11) is 0. The zero-order chi connectivity index (χ0) is 11.1. The molecule has 0 radical (unpaired) electrons. The van der Waals surface area contributed by atoms with E-state index in [0.717, 1.165) is 15.5 Å². The Kier molecular flexibility index (Phi) is 1.87. The minimum atomic E-state index is -1.10. The summed E-state index contributed by atoms with van der Waals surface area (Å²) in [5.74, 6) is -1.25. The minimum absolute atomic E-state index is 0.154. The maximum atomic E-state index is 10.7. The Morgan fingerprint density at radius 3 is 2.88 bits per heavy atom. The number of carboxylic acid groups (broad SMARTS) is 1. The van der Waals surface area contributed by atoms with Gasteiger partial charge in [0.05, 0.1) is 0 Å². The first-order valence-electron chi connectivity index (χ1n) is 4.63. The standard InChI is InChI=1S/C11H6N2O2S/c14-11(15)9-12-5-7-6-3-1-2-4-8(6)16-10(7)13-9/h1-5H,(H,14,15). The molecule has 0 saturated carbocycles. The number of hydrogen-bond donors (Lipinski definition) is 1. The van der Waals surface area contributed by atoms with Gasteiger partial charge in [0, 0.05) is 21.7 Å². The van der Waals surface area contributed by atoms with Gasteiger partial charge in [-0.15, -0.1) is 11.3 Å². The second-order valence-corrected chi connectivity index (χ2v) is 4.35. The molecule has 3 aromatic rings. The third-order valence-electron chi connectivity index (χ3n) is 2.33. The van der Waals surface area contributed by atoms with E-state index < -0.39 is 5.97 Å². The zero-order valence-corrected chi connectivity index (χ0v) is 8.86. The lowest BCUT2D eigenvalue weighted by molar-refractivity contribution is 0.0684. The molecule has 0 spiro atoms. The highest BCUT2D eigenvalue weighted by Crippen LogP contribution is 2.31. The van der Waals surface area contributed by atoms with Crippen LogP contribution in [0, 0.1) is 0 Å². The van der Waals surface area contributed by atoms with E-state index >= 15 is 0 Å². The van der Waals surface area contributed by atoms with Gasteiger partial charge >= 0.3 is 5.97 Å². The van der Waals surface area contributed by atoms with E-state index in [4.69, 9.17) is 5.11 Å². The molecule has 0 fully saturated rings. The maximum Gasteiger partial charge on any atom is 0.373 e. The first-order chi connectivity index (χ1) is 7.75. The molecule has 1 N–H and O–H groups in total. The van der Waals surface area contributed by atoms with Crippen molar-refractivity contribution in [2.75, 3.05) is 0 Å². The van der Waals surface area contributed by atoms with E-state index in [1.54, 1.807) is 6.20 Å². The van der Waals surface area contributed by atoms with Crippen molar-refractivity contribution in [1.29, 1.82) is 0 Å². The monoisotopic (exact) mass is 230 g/mol. The molecule has 16 heavy (non-hydrogen) atoms. The van der Waals surface area contributed by atoms with Gasteiger partial charge in [0.1, 0.15) is 4.83 Å². The van der Waals surface area contributed by atoms with Crippen LogP contribution in [0.2, 0.25) is 0 Å². The average Bonchev–Trinajstić information content (AvgIpc) is 2.66. The van der Waals surface area contributed by atoms with Gasteiger partial charge in [0.25, 0.3) is 0 Å². The first-order valence-corrected chi connectivity index (χ1v) is 5.45. The molecule has 0 aliphatic rings. The Morgan fingerprint density at radius 1 is 1.25 bits per heavy atom. The molecule has 0 aliphatic carbocycles. The number of rotatable bonds is 1. The SMILES string of the molecule is O=C(O)c1ncc2c(n1)sc1ccccc12. The second-order valence-electron chi connectivity index (χ2n) is 3.32. The van der Waals surface area contributed by atoms with Gasteiger partial charge in [-0.2, -0.15) is 0 Å². The molecular formula is C11H6N2O2S. The van der Waals surface area contributed by atoms with Gasteiger partial charge in [0.15, 0.2) is 0 Å². The van der Waals surface area contributed by atoms with Gasteiger partial charge in [-0.25, -0.2) is 14.8 Å². The van der Waals surface area contributed by atoms with Crippen molar-refractivity contribution in [2.24, 2.45) is 0 Å². The van der Waals surface area contributed by atoms with E-state index in [9.17, 15) is 4.79 Å². The van der Waals surface area contributed by atoms with Crippen molar-refractivity contribution >= 4 is 37.6 Å². The summed E-state index contributed by atoms with van der Waals surface area (Å²) < 4.78 is 1.09. The molecule has 0 bridgehead atoms. The molecular weight excluding hydrogens is 224 g/mol. The number of aromatic nitrogens is 2. The van der Waals surface area contributed by atoms with Crippen molar-refractivity contribution in [3.05, 3.63) is 36.3 Å². The Balaban J connectivity index is 2.41. The van der Waals surface area contributed by atoms with E-state index in [1.165, 1.54) is 11.3 Å². The fraction of sp³-hybridized carbons (Fsp3) is 0. The van der Waals surface area contributed by atoms with Gasteiger partial charge in [-0.05, 0) is 6.07 Å². The predicted octanol–water partition coefficient (Wildman–Crippen LogP) is 2.54. The highest BCUT2D eigenvalue weighted by Gasteiger charge is 2.11. The number of aromatic carboxylic acids is 1. The summed E-state index contributed by atoms with van der Waals surface area (Å²) in [6.45, 7) is 0. The number of carbonyl (C=O) groups is 1. The lowest BCUT2D eigenvalue weighted by Gasteiger charge is -1.92. The Labute approximate surface area is 94.2 Å². The Bertz CT molecular complexity index is 705. The topological polar surface area (TPSA) is 63.1 Å². The fourth-order valence-corrected chi connectivity index (χ4v) is 2.66. The predicted molar refractivity (Wildman–Crippen MR) is 61.9 cm³/mol. The molecule has 5 heteroatoms. The van der Waals surface area contributed by atoms with Crippen LogP contribution in [0.1, 0.15) is 10.6 Å². The van der Waals surface area contributed by atoms with Gasteiger partial charge in [-0.3, -0.25) is 0 Å². The normalized spacial score (nSPS) is 11.0. The molecule has 0 unspecified atom stereocenters. The Morgan fingerprint density at radius 2 is 2.06 bits per heavy atom. The van der Waals surface area contributed by atoms with Crippen molar-refractivity contribution in [1.82, 2.24) is 9.97 Å². The van der Waals surface area contributed by atoms with Crippen LogP contribution in [-0.4, -0.2) is 21.0 Å². The van der Waals surface area contributed by atoms with E-state index in [-0.39, 0.29) is 5.82 Å². The Hall–Kier alpha value is -2.01. The molecule has 3 rings (SSSR count). The largest absolute Gasteiger partial charge is 0.475 e. The van der Waals surface area contributed by atoms with Crippen LogP contribution in [0.5, 0.6) is 0 Å². The number of thiophene rings is 1. The molecule has 2 heterocycles. The minimum Gasteiger partial charge on any atom is -0.475 e. The van der Waals surface area contributed by atoms with Crippen molar-refractivity contribution in [2.45, 2.75) is 0 Å². The molecule has 1 aromatic carbocycles. The van der Waals surface area contributed by atoms with Crippen LogP contribution in [0.4, 0.5) is 0 Å². The van der Waals surface area contributed by atoms with Crippen molar-refractivity contribution < 1.29 is 9.90 Å². The van der Waals surface area contributed by atoms with Gasteiger partial charge in [-0.1, -0.05) is 18.2 Å². The fourth-order valence-electron chi connectivity index (χ4n) is 1.61. The summed E-state index contributed by atoms with van der Waals surface area (Å²) in [6.07, 6.45) is 1.57. The van der Waals surface area contributed by atoms with Crippen LogP contribution in [-0.2, 0) is 0 Å². The first kappa shape index (κ1) is 9.23. The summed E-state index contributed by atoms with van der Waals surface area (Å²) in [4.78, 5) is 19.3. The number of hydrogen-bond acceptors (Lipinski definition) is 4. The van der Waals surface area contributed by atoms with Crippen LogP contribution in [0.3, 0.4) is 0 Å². The summed E-state index contributed by atoms with van der Waals surface area (Å²) in [5, 5.41) is 10.8. The van der Waals surface area contributed by atoms with E-state index in [2.05, 4.69) is 9.97 Å². The van der Waals surface area contributed by atoms with Crippen LogP contribution in [0.15, 0.2) is 30.5 Å². The summed E-state index contributed by atoms with van der Waals surface area (Å²) >= 11 is 1.48. The van der Waals surface area contributed by atoms with Crippen molar-refractivity contribution in [3.8, 4) is 0 Å². The highest BCUT2D eigenvalue weighted by atomic mass is 32.1. The summed E-state index contributed by atoms with van der Waals surface area (Å²) in [5.41, 5.74) is 0. The number of benzene rings is 1. The third-order valence-corrected chi connectivity index (χ3v) is 3.41. The van der Waals surface area contributed by atoms with Crippen molar-refractivity contribution in [3.63, 3.8) is 0 Å². The van der Waals surface area contributed by atoms with E-state index in [1.807, 2.05) is 24.3 Å². The second kappa shape index (κ2) is 3.24.